The Labute approximate surface area is 115 Å². The second-order valence-electron chi connectivity index (χ2n) is 4.86. The molecule has 0 saturated carbocycles. The Kier molecular flexibility index (Phi) is 8.66. The molecule has 0 heterocycles. The maximum Gasteiger partial charge on any atom is 0.407 e. The molecule has 0 aliphatic heterocycles. The van der Waals surface area contributed by atoms with Gasteiger partial charge in [-0.15, -0.1) is 0 Å². The molecule has 0 spiro atoms. The van der Waals surface area contributed by atoms with Crippen LogP contribution in [0, 0.1) is 5.92 Å². The monoisotopic (exact) mass is 271 g/mol. The van der Waals surface area contributed by atoms with Crippen molar-refractivity contribution in [3.63, 3.8) is 0 Å². The number of hydrogen-bond acceptors (Lipinski definition) is 4. The Morgan fingerprint density at radius 1 is 1.32 bits per heavy atom. The molecule has 1 amide bonds. The van der Waals surface area contributed by atoms with Crippen molar-refractivity contribution in [3.8, 4) is 0 Å². The molecule has 110 valence electrons. The fourth-order valence-electron chi connectivity index (χ4n) is 1.46. The van der Waals surface area contributed by atoms with Gasteiger partial charge in [0.1, 0.15) is 12.7 Å². The summed E-state index contributed by atoms with van der Waals surface area (Å²) in [4.78, 5) is 22.7. The van der Waals surface area contributed by atoms with Gasteiger partial charge in [-0.25, -0.2) is 9.59 Å². The van der Waals surface area contributed by atoms with Gasteiger partial charge in [-0.2, -0.15) is 0 Å². The lowest BCUT2D eigenvalue weighted by Crippen LogP contribution is -2.38. The van der Waals surface area contributed by atoms with Crippen molar-refractivity contribution in [2.45, 2.75) is 52.7 Å². The summed E-state index contributed by atoms with van der Waals surface area (Å²) in [5, 5.41) is 2.75. The highest BCUT2D eigenvalue weighted by molar-refractivity contribution is 5.81. The maximum absolute atomic E-state index is 11.7. The molecule has 19 heavy (non-hydrogen) atoms. The zero-order chi connectivity index (χ0) is 14.8. The highest BCUT2D eigenvalue weighted by atomic mass is 16.6. The number of alkyl carbamates (subject to hydrolysis) is 1. The number of rotatable bonds is 8. The lowest BCUT2D eigenvalue weighted by atomic mass is 10.1. The van der Waals surface area contributed by atoms with E-state index in [9.17, 15) is 9.59 Å². The molecule has 0 aromatic rings. The van der Waals surface area contributed by atoms with Gasteiger partial charge in [0.15, 0.2) is 0 Å². The summed E-state index contributed by atoms with van der Waals surface area (Å²) in [6.45, 7) is 11.1. The lowest BCUT2D eigenvalue weighted by molar-refractivity contribution is -0.141. The van der Waals surface area contributed by atoms with E-state index in [4.69, 9.17) is 9.47 Å². The van der Waals surface area contributed by atoms with Crippen molar-refractivity contribution in [3.05, 3.63) is 12.7 Å². The SMILES string of the molecule is C=CC(=O)OCC(OC(=O)NC(C)CCC)C(C)C. The predicted molar refractivity (Wildman–Crippen MR) is 73.8 cm³/mol. The van der Waals surface area contributed by atoms with Crippen LogP contribution in [0.3, 0.4) is 0 Å². The summed E-state index contributed by atoms with van der Waals surface area (Å²) in [7, 11) is 0. The Morgan fingerprint density at radius 2 is 1.95 bits per heavy atom. The van der Waals surface area contributed by atoms with Crippen LogP contribution in [0.25, 0.3) is 0 Å². The molecule has 0 rings (SSSR count). The zero-order valence-electron chi connectivity index (χ0n) is 12.3. The van der Waals surface area contributed by atoms with E-state index in [1.807, 2.05) is 20.8 Å². The first-order valence-electron chi connectivity index (χ1n) is 6.67. The summed E-state index contributed by atoms with van der Waals surface area (Å²) < 4.78 is 10.2. The third-order valence-corrected chi connectivity index (χ3v) is 2.64. The van der Waals surface area contributed by atoms with Gasteiger partial charge in [0, 0.05) is 12.1 Å². The molecule has 0 aliphatic carbocycles. The largest absolute Gasteiger partial charge is 0.459 e. The van der Waals surface area contributed by atoms with Crippen LogP contribution in [-0.2, 0) is 14.3 Å². The third kappa shape index (κ3) is 8.24. The number of hydrogen-bond donors (Lipinski definition) is 1. The van der Waals surface area contributed by atoms with Gasteiger partial charge in [-0.3, -0.25) is 0 Å². The minimum Gasteiger partial charge on any atom is -0.459 e. The van der Waals surface area contributed by atoms with Crippen molar-refractivity contribution < 1.29 is 19.1 Å². The summed E-state index contributed by atoms with van der Waals surface area (Å²) >= 11 is 0. The number of nitrogens with one attached hydrogen (secondary N) is 1. The second-order valence-corrected chi connectivity index (χ2v) is 4.86. The van der Waals surface area contributed by atoms with Crippen molar-refractivity contribution in [1.82, 2.24) is 5.32 Å². The third-order valence-electron chi connectivity index (χ3n) is 2.64. The van der Waals surface area contributed by atoms with Gasteiger partial charge in [-0.05, 0) is 19.3 Å². The van der Waals surface area contributed by atoms with Gasteiger partial charge in [0.05, 0.1) is 0 Å². The molecule has 0 radical (unpaired) electrons. The smallest absolute Gasteiger partial charge is 0.407 e. The Morgan fingerprint density at radius 3 is 2.42 bits per heavy atom. The topological polar surface area (TPSA) is 64.6 Å². The molecule has 2 atom stereocenters. The average molecular weight is 271 g/mol. The van der Waals surface area contributed by atoms with Crippen LogP contribution < -0.4 is 5.32 Å². The van der Waals surface area contributed by atoms with E-state index in [0.29, 0.717) is 0 Å². The first kappa shape index (κ1) is 17.5. The van der Waals surface area contributed by atoms with Gasteiger partial charge in [0.25, 0.3) is 0 Å². The molecule has 2 unspecified atom stereocenters. The molecular weight excluding hydrogens is 246 g/mol. The number of ether oxygens (including phenoxy) is 2. The Balaban J connectivity index is 4.22. The number of carbonyl (C=O) groups excluding carboxylic acids is 2. The average Bonchev–Trinajstić information content (AvgIpc) is 2.33. The van der Waals surface area contributed by atoms with Crippen molar-refractivity contribution in [2.75, 3.05) is 6.61 Å². The molecule has 5 heteroatoms. The summed E-state index contributed by atoms with van der Waals surface area (Å²) in [5.41, 5.74) is 0. The van der Waals surface area contributed by atoms with E-state index in [1.165, 1.54) is 0 Å². The summed E-state index contributed by atoms with van der Waals surface area (Å²) in [6, 6.07) is 0.0704. The fraction of sp³-hybridized carbons (Fsp3) is 0.714. The van der Waals surface area contributed by atoms with Crippen molar-refractivity contribution >= 4 is 12.1 Å². The molecule has 0 aromatic carbocycles. The summed E-state index contributed by atoms with van der Waals surface area (Å²) in [6.07, 6.45) is 2.03. The van der Waals surface area contributed by atoms with E-state index >= 15 is 0 Å². The Hall–Kier alpha value is -1.52. The van der Waals surface area contributed by atoms with Crippen LogP contribution >= 0.6 is 0 Å². The maximum atomic E-state index is 11.7. The number of amides is 1. The van der Waals surface area contributed by atoms with Gasteiger partial charge in [-0.1, -0.05) is 33.8 Å². The standard InChI is InChI=1S/C14H25NO4/c1-6-8-11(5)15-14(17)19-12(10(3)4)9-18-13(16)7-2/h7,10-12H,2,6,8-9H2,1,3-5H3,(H,15,17). The molecule has 0 aliphatic rings. The first-order chi connectivity index (χ1) is 8.90. The molecule has 1 N–H and O–H groups in total. The normalized spacial score (nSPS) is 13.5. The first-order valence-corrected chi connectivity index (χ1v) is 6.67. The van der Waals surface area contributed by atoms with Crippen LogP contribution in [0.2, 0.25) is 0 Å². The molecule has 0 aromatic heterocycles. The number of carbonyl (C=O) groups is 2. The Bertz CT molecular complexity index is 302. The predicted octanol–water partition coefficient (Wildman–Crippen LogP) is 2.66. The number of esters is 1. The fourth-order valence-corrected chi connectivity index (χ4v) is 1.46. The second kappa shape index (κ2) is 9.42. The van der Waals surface area contributed by atoms with Crippen molar-refractivity contribution in [1.29, 1.82) is 0 Å². The zero-order valence-corrected chi connectivity index (χ0v) is 12.3. The quantitative estimate of drug-likeness (QED) is 0.544. The lowest BCUT2D eigenvalue weighted by Gasteiger charge is -2.22. The van der Waals surface area contributed by atoms with E-state index in [1.54, 1.807) is 0 Å². The van der Waals surface area contributed by atoms with Crippen LogP contribution in [0.15, 0.2) is 12.7 Å². The van der Waals surface area contributed by atoms with E-state index in [2.05, 4.69) is 18.8 Å². The van der Waals surface area contributed by atoms with E-state index in [-0.39, 0.29) is 18.6 Å². The highest BCUT2D eigenvalue weighted by Crippen LogP contribution is 2.08. The minimum absolute atomic E-state index is 0.0398. The van der Waals surface area contributed by atoms with Crippen LogP contribution in [0.1, 0.15) is 40.5 Å². The van der Waals surface area contributed by atoms with Crippen LogP contribution in [0.5, 0.6) is 0 Å². The molecule has 5 nitrogen and oxygen atoms in total. The van der Waals surface area contributed by atoms with Crippen molar-refractivity contribution in [2.24, 2.45) is 5.92 Å². The molecule has 0 fully saturated rings. The molecule has 0 saturated heterocycles. The van der Waals surface area contributed by atoms with Gasteiger partial charge >= 0.3 is 12.1 Å². The van der Waals surface area contributed by atoms with Crippen LogP contribution in [0.4, 0.5) is 4.79 Å². The minimum atomic E-state index is -0.519. The van der Waals surface area contributed by atoms with Gasteiger partial charge < -0.3 is 14.8 Å². The summed E-state index contributed by atoms with van der Waals surface area (Å²) in [5.74, 6) is -0.459. The van der Waals surface area contributed by atoms with Crippen LogP contribution in [-0.4, -0.2) is 30.8 Å². The van der Waals surface area contributed by atoms with E-state index < -0.39 is 18.2 Å². The molecule has 0 bridgehead atoms. The molecular formula is C14H25NO4. The highest BCUT2D eigenvalue weighted by Gasteiger charge is 2.20. The van der Waals surface area contributed by atoms with Gasteiger partial charge in [0.2, 0.25) is 0 Å². The van der Waals surface area contributed by atoms with E-state index in [0.717, 1.165) is 18.9 Å².